The third-order valence-electron chi connectivity index (χ3n) is 2.40. The Bertz CT molecular complexity index is 387. The lowest BCUT2D eigenvalue weighted by Gasteiger charge is -2.19. The van der Waals surface area contributed by atoms with Crippen molar-refractivity contribution in [3.8, 4) is 0 Å². The highest BCUT2D eigenvalue weighted by molar-refractivity contribution is 7.15. The Hall–Kier alpha value is -1.01. The monoisotopic (exact) mass is 256 g/mol. The van der Waals surface area contributed by atoms with Crippen LogP contribution in [0.3, 0.4) is 0 Å². The van der Waals surface area contributed by atoms with E-state index in [-0.39, 0.29) is 5.91 Å². The van der Waals surface area contributed by atoms with Crippen molar-refractivity contribution in [2.24, 2.45) is 17.1 Å². The topological polar surface area (TPSA) is 80.9 Å². The van der Waals surface area contributed by atoms with Crippen molar-refractivity contribution < 1.29 is 4.79 Å². The zero-order chi connectivity index (χ0) is 13.1. The maximum Gasteiger partial charge on any atom is 0.233 e. The largest absolute Gasteiger partial charge is 0.329 e. The zero-order valence-corrected chi connectivity index (χ0v) is 11.6. The van der Waals surface area contributed by atoms with Crippen molar-refractivity contribution in [1.29, 1.82) is 0 Å². The van der Waals surface area contributed by atoms with E-state index in [4.69, 9.17) is 5.73 Å². The quantitative estimate of drug-likeness (QED) is 0.839. The first-order chi connectivity index (χ1) is 7.85. The first-order valence-corrected chi connectivity index (χ1v) is 6.50. The second kappa shape index (κ2) is 5.55. The molecular formula is C11H20N4OS. The molecule has 5 nitrogen and oxygen atoms in total. The predicted molar refractivity (Wildman–Crippen MR) is 69.9 cm³/mol. The minimum absolute atomic E-state index is 0.118. The average molecular weight is 256 g/mol. The molecule has 3 N–H and O–H groups in total. The van der Waals surface area contributed by atoms with Crippen LogP contribution in [0.1, 0.15) is 32.7 Å². The van der Waals surface area contributed by atoms with E-state index in [2.05, 4.69) is 29.4 Å². The van der Waals surface area contributed by atoms with Crippen LogP contribution in [0, 0.1) is 11.3 Å². The van der Waals surface area contributed by atoms with E-state index < -0.39 is 5.41 Å². The lowest BCUT2D eigenvalue weighted by Crippen LogP contribution is -2.37. The molecule has 6 heteroatoms. The van der Waals surface area contributed by atoms with E-state index in [1.807, 2.05) is 0 Å². The fourth-order valence-corrected chi connectivity index (χ4v) is 2.04. The first kappa shape index (κ1) is 14.1. The molecule has 0 aliphatic rings. The summed E-state index contributed by atoms with van der Waals surface area (Å²) in [6, 6.07) is 0. The van der Waals surface area contributed by atoms with Crippen molar-refractivity contribution in [1.82, 2.24) is 10.2 Å². The number of nitrogens with one attached hydrogen (secondary N) is 1. The van der Waals surface area contributed by atoms with Crippen molar-refractivity contribution >= 4 is 22.4 Å². The third-order valence-corrected chi connectivity index (χ3v) is 3.26. The number of hydrogen-bond acceptors (Lipinski definition) is 5. The van der Waals surface area contributed by atoms with Gasteiger partial charge in [-0.2, -0.15) is 0 Å². The van der Waals surface area contributed by atoms with Gasteiger partial charge in [0.15, 0.2) is 0 Å². The van der Waals surface area contributed by atoms with Gasteiger partial charge in [0.1, 0.15) is 5.01 Å². The Morgan fingerprint density at radius 1 is 1.47 bits per heavy atom. The van der Waals surface area contributed by atoms with Crippen LogP contribution < -0.4 is 11.1 Å². The average Bonchev–Trinajstić information content (AvgIpc) is 2.64. The van der Waals surface area contributed by atoms with Crippen molar-refractivity contribution in [3.63, 3.8) is 0 Å². The molecule has 0 saturated heterocycles. The number of hydrogen-bond donors (Lipinski definition) is 2. The third kappa shape index (κ3) is 4.05. The number of amides is 1. The summed E-state index contributed by atoms with van der Waals surface area (Å²) in [5.74, 6) is 0.416. The Balaban J connectivity index is 2.64. The fourth-order valence-electron chi connectivity index (χ4n) is 1.09. The van der Waals surface area contributed by atoms with Gasteiger partial charge in [0, 0.05) is 13.0 Å². The van der Waals surface area contributed by atoms with Crippen LogP contribution in [-0.4, -0.2) is 22.6 Å². The van der Waals surface area contributed by atoms with E-state index in [0.717, 1.165) is 11.4 Å². The van der Waals surface area contributed by atoms with Crippen LogP contribution in [0.15, 0.2) is 0 Å². The zero-order valence-electron chi connectivity index (χ0n) is 10.8. The molecule has 1 aromatic rings. The first-order valence-electron chi connectivity index (χ1n) is 5.69. The van der Waals surface area contributed by atoms with Gasteiger partial charge in [-0.25, -0.2) is 0 Å². The molecule has 1 amide bonds. The molecule has 0 fully saturated rings. The van der Waals surface area contributed by atoms with E-state index in [0.29, 0.717) is 17.6 Å². The van der Waals surface area contributed by atoms with Gasteiger partial charge in [-0.1, -0.05) is 25.2 Å². The summed E-state index contributed by atoms with van der Waals surface area (Å²) >= 11 is 1.42. The molecule has 0 atom stereocenters. The molecule has 1 heterocycles. The van der Waals surface area contributed by atoms with Gasteiger partial charge >= 0.3 is 0 Å². The number of aromatic nitrogens is 2. The van der Waals surface area contributed by atoms with Crippen LogP contribution in [-0.2, 0) is 11.2 Å². The highest BCUT2D eigenvalue weighted by Crippen LogP contribution is 2.21. The fraction of sp³-hybridized carbons (Fsp3) is 0.727. The Morgan fingerprint density at radius 3 is 2.65 bits per heavy atom. The number of nitrogens with two attached hydrogens (primary N) is 1. The normalized spacial score (nSPS) is 11.9. The number of carbonyl (C=O) groups excluding carboxylic acids is 1. The van der Waals surface area contributed by atoms with Crippen LogP contribution in [0.5, 0.6) is 0 Å². The van der Waals surface area contributed by atoms with Gasteiger partial charge in [0.25, 0.3) is 0 Å². The molecule has 0 unspecified atom stereocenters. The van der Waals surface area contributed by atoms with Crippen LogP contribution >= 0.6 is 11.3 Å². The molecule has 0 aliphatic heterocycles. The second-order valence-electron chi connectivity index (χ2n) is 5.14. The minimum Gasteiger partial charge on any atom is -0.329 e. The molecule has 17 heavy (non-hydrogen) atoms. The van der Waals surface area contributed by atoms with Gasteiger partial charge in [-0.05, 0) is 19.8 Å². The van der Waals surface area contributed by atoms with Gasteiger partial charge in [0.2, 0.25) is 11.0 Å². The number of nitrogens with zero attached hydrogens (tertiary/aromatic N) is 2. The molecule has 0 saturated carbocycles. The van der Waals surface area contributed by atoms with Crippen molar-refractivity contribution in [2.75, 3.05) is 11.9 Å². The summed E-state index contributed by atoms with van der Waals surface area (Å²) in [6.07, 6.45) is 0.883. The molecule has 1 aromatic heterocycles. The lowest BCUT2D eigenvalue weighted by molar-refractivity contribution is -0.123. The highest BCUT2D eigenvalue weighted by atomic mass is 32.1. The van der Waals surface area contributed by atoms with E-state index in [1.165, 1.54) is 11.3 Å². The maximum atomic E-state index is 11.8. The number of carbonyl (C=O) groups is 1. The Labute approximate surface area is 106 Å². The Kier molecular flexibility index (Phi) is 4.59. The van der Waals surface area contributed by atoms with Gasteiger partial charge in [-0.15, -0.1) is 10.2 Å². The van der Waals surface area contributed by atoms with E-state index in [1.54, 1.807) is 13.8 Å². The highest BCUT2D eigenvalue weighted by Gasteiger charge is 2.26. The summed E-state index contributed by atoms with van der Waals surface area (Å²) in [5, 5.41) is 12.2. The van der Waals surface area contributed by atoms with Gasteiger partial charge < -0.3 is 11.1 Å². The number of rotatable bonds is 5. The molecule has 0 aliphatic carbocycles. The van der Waals surface area contributed by atoms with Crippen molar-refractivity contribution in [2.45, 2.75) is 34.1 Å². The van der Waals surface area contributed by atoms with Crippen LogP contribution in [0.25, 0.3) is 0 Å². The summed E-state index contributed by atoms with van der Waals surface area (Å²) < 4.78 is 0. The molecule has 0 spiro atoms. The smallest absolute Gasteiger partial charge is 0.233 e. The van der Waals surface area contributed by atoms with E-state index >= 15 is 0 Å². The maximum absolute atomic E-state index is 11.8. The van der Waals surface area contributed by atoms with Crippen molar-refractivity contribution in [3.05, 3.63) is 5.01 Å². The molecule has 0 aromatic carbocycles. The molecular weight excluding hydrogens is 236 g/mol. The molecule has 1 rings (SSSR count). The van der Waals surface area contributed by atoms with Gasteiger partial charge in [-0.3, -0.25) is 4.79 Å². The SMILES string of the molecule is CC(C)Cc1nnc(NC(=O)C(C)(C)CN)s1. The predicted octanol–water partition coefficient (Wildman–Crippen LogP) is 1.66. The summed E-state index contributed by atoms with van der Waals surface area (Å²) in [4.78, 5) is 11.8. The summed E-state index contributed by atoms with van der Waals surface area (Å²) in [5.41, 5.74) is 4.96. The molecule has 0 radical (unpaired) electrons. The van der Waals surface area contributed by atoms with Crippen LogP contribution in [0.2, 0.25) is 0 Å². The minimum atomic E-state index is -0.579. The van der Waals surface area contributed by atoms with E-state index in [9.17, 15) is 4.79 Å². The van der Waals surface area contributed by atoms with Crippen LogP contribution in [0.4, 0.5) is 5.13 Å². The second-order valence-corrected chi connectivity index (χ2v) is 6.20. The summed E-state index contributed by atoms with van der Waals surface area (Å²) in [7, 11) is 0. The summed E-state index contributed by atoms with van der Waals surface area (Å²) in [6.45, 7) is 8.15. The number of anilines is 1. The molecule has 0 bridgehead atoms. The lowest BCUT2D eigenvalue weighted by atomic mass is 9.93. The standard InChI is InChI=1S/C11H20N4OS/c1-7(2)5-8-14-15-10(17-8)13-9(16)11(3,4)6-12/h7H,5-6,12H2,1-4H3,(H,13,15,16). The van der Waals surface area contributed by atoms with Gasteiger partial charge in [0.05, 0.1) is 5.41 Å². The molecule has 96 valence electrons. The Morgan fingerprint density at radius 2 is 2.12 bits per heavy atom.